The highest BCUT2D eigenvalue weighted by Crippen LogP contribution is 2.34. The maximum absolute atomic E-state index is 10.7. The van der Waals surface area contributed by atoms with Gasteiger partial charge in [-0.1, -0.05) is 12.8 Å². The molecule has 0 amide bonds. The van der Waals surface area contributed by atoms with Crippen molar-refractivity contribution in [3.63, 3.8) is 0 Å². The molecule has 0 bridgehead atoms. The molecule has 110 valence electrons. The van der Waals surface area contributed by atoms with Gasteiger partial charge in [0.05, 0.1) is 16.3 Å². The Morgan fingerprint density at radius 2 is 2.05 bits per heavy atom. The normalized spacial score (nSPS) is 17.4. The van der Waals surface area contributed by atoms with E-state index in [1.165, 1.54) is 37.8 Å². The minimum Gasteiger partial charge on any atom is -0.397 e. The summed E-state index contributed by atoms with van der Waals surface area (Å²) >= 11 is 0. The van der Waals surface area contributed by atoms with Crippen molar-refractivity contribution in [2.24, 2.45) is 0 Å². The molecule has 1 aromatic carbocycles. The van der Waals surface area contributed by atoms with Gasteiger partial charge in [0.25, 0.3) is 5.69 Å². The van der Waals surface area contributed by atoms with Crippen molar-refractivity contribution in [2.45, 2.75) is 31.2 Å². The number of non-ortho nitro benzene ring substituents is 1. The zero-order valence-electron chi connectivity index (χ0n) is 12.1. The number of nitrogen functional groups attached to an aromatic ring is 1. The summed E-state index contributed by atoms with van der Waals surface area (Å²) in [5, 5.41) is 14.0. The number of likely N-dealkylation sites (N-methyl/N-ethyl adjacent to an activating group) is 1. The van der Waals surface area contributed by atoms with Crippen LogP contribution in [-0.4, -0.2) is 36.0 Å². The molecule has 6 nitrogen and oxygen atoms in total. The van der Waals surface area contributed by atoms with Crippen molar-refractivity contribution >= 4 is 17.1 Å². The van der Waals surface area contributed by atoms with E-state index in [2.05, 4.69) is 24.3 Å². The van der Waals surface area contributed by atoms with Crippen LogP contribution in [0.2, 0.25) is 0 Å². The number of benzene rings is 1. The molecule has 3 N–H and O–H groups in total. The fraction of sp³-hybridized carbons (Fsp3) is 0.571. The molecular weight excluding hydrogens is 256 g/mol. The molecule has 0 atom stereocenters. The SMILES string of the molecule is CN(C)C1(CNc2ccc([N+](=O)[O-])cc2N)CCCC1. The van der Waals surface area contributed by atoms with Crippen LogP contribution in [0.25, 0.3) is 0 Å². The number of nitro benzene ring substituents is 1. The van der Waals surface area contributed by atoms with Gasteiger partial charge in [0, 0.05) is 24.2 Å². The maximum Gasteiger partial charge on any atom is 0.271 e. The molecule has 6 heteroatoms. The Hall–Kier alpha value is -1.82. The topological polar surface area (TPSA) is 84.4 Å². The van der Waals surface area contributed by atoms with E-state index >= 15 is 0 Å². The molecule has 0 aromatic heterocycles. The van der Waals surface area contributed by atoms with Crippen LogP contribution in [-0.2, 0) is 0 Å². The summed E-state index contributed by atoms with van der Waals surface area (Å²) in [6.07, 6.45) is 4.82. The summed E-state index contributed by atoms with van der Waals surface area (Å²) < 4.78 is 0. The van der Waals surface area contributed by atoms with Crippen molar-refractivity contribution in [3.8, 4) is 0 Å². The third-order valence-electron chi connectivity index (χ3n) is 4.34. The first-order chi connectivity index (χ1) is 9.44. The Bertz CT molecular complexity index is 496. The van der Waals surface area contributed by atoms with E-state index < -0.39 is 4.92 Å². The lowest BCUT2D eigenvalue weighted by Gasteiger charge is -2.37. The largest absolute Gasteiger partial charge is 0.397 e. The van der Waals surface area contributed by atoms with Gasteiger partial charge in [-0.2, -0.15) is 0 Å². The predicted octanol–water partition coefficient (Wildman–Crippen LogP) is 2.46. The second kappa shape index (κ2) is 5.66. The molecule has 0 unspecified atom stereocenters. The van der Waals surface area contributed by atoms with E-state index in [0.717, 1.165) is 12.2 Å². The van der Waals surface area contributed by atoms with Crippen LogP contribution in [0, 0.1) is 10.1 Å². The monoisotopic (exact) mass is 278 g/mol. The number of rotatable bonds is 5. The molecule has 1 aliphatic carbocycles. The first kappa shape index (κ1) is 14.6. The lowest BCUT2D eigenvalue weighted by Crippen LogP contribution is -2.47. The van der Waals surface area contributed by atoms with Crippen molar-refractivity contribution < 1.29 is 4.92 Å². The molecule has 20 heavy (non-hydrogen) atoms. The number of nitrogens with zero attached hydrogens (tertiary/aromatic N) is 2. The van der Waals surface area contributed by atoms with Crippen LogP contribution >= 0.6 is 0 Å². The molecule has 0 saturated heterocycles. The van der Waals surface area contributed by atoms with Gasteiger partial charge in [-0.3, -0.25) is 10.1 Å². The molecule has 0 radical (unpaired) electrons. The summed E-state index contributed by atoms with van der Waals surface area (Å²) in [4.78, 5) is 12.5. The number of hydrogen-bond acceptors (Lipinski definition) is 5. The molecular formula is C14H22N4O2. The molecule has 0 heterocycles. The summed E-state index contributed by atoms with van der Waals surface area (Å²) in [7, 11) is 4.21. The molecule has 1 aliphatic rings. The number of nitrogens with one attached hydrogen (secondary N) is 1. The van der Waals surface area contributed by atoms with Gasteiger partial charge >= 0.3 is 0 Å². The number of nitro groups is 1. The van der Waals surface area contributed by atoms with Crippen LogP contribution in [0.4, 0.5) is 17.1 Å². The molecule has 1 fully saturated rings. The molecule has 0 spiro atoms. The van der Waals surface area contributed by atoms with Gasteiger partial charge in [-0.05, 0) is 33.0 Å². The van der Waals surface area contributed by atoms with Gasteiger partial charge in [0.1, 0.15) is 0 Å². The number of anilines is 2. The predicted molar refractivity (Wildman–Crippen MR) is 80.9 cm³/mol. The van der Waals surface area contributed by atoms with Crippen LogP contribution in [0.3, 0.4) is 0 Å². The molecule has 1 aromatic rings. The maximum atomic E-state index is 10.7. The Morgan fingerprint density at radius 3 is 2.55 bits per heavy atom. The minimum atomic E-state index is -0.432. The fourth-order valence-corrected chi connectivity index (χ4v) is 2.90. The van der Waals surface area contributed by atoms with Gasteiger partial charge in [0.2, 0.25) is 0 Å². The quantitative estimate of drug-likeness (QED) is 0.491. The van der Waals surface area contributed by atoms with Gasteiger partial charge < -0.3 is 16.0 Å². The number of hydrogen-bond donors (Lipinski definition) is 2. The Kier molecular flexibility index (Phi) is 4.13. The number of nitrogens with two attached hydrogens (primary N) is 1. The third-order valence-corrected chi connectivity index (χ3v) is 4.34. The van der Waals surface area contributed by atoms with E-state index in [4.69, 9.17) is 5.73 Å². The van der Waals surface area contributed by atoms with Gasteiger partial charge in [-0.15, -0.1) is 0 Å². The molecule has 0 aliphatic heterocycles. The Morgan fingerprint density at radius 1 is 1.40 bits per heavy atom. The standard InChI is InChI=1S/C14H22N4O2/c1-17(2)14(7-3-4-8-14)10-16-13-6-5-11(18(19)20)9-12(13)15/h5-6,9,16H,3-4,7-8,10,15H2,1-2H3. The lowest BCUT2D eigenvalue weighted by molar-refractivity contribution is -0.384. The highest BCUT2D eigenvalue weighted by atomic mass is 16.6. The summed E-state index contributed by atoms with van der Waals surface area (Å²) in [5.74, 6) is 0. The van der Waals surface area contributed by atoms with Crippen LogP contribution < -0.4 is 11.1 Å². The van der Waals surface area contributed by atoms with Gasteiger partial charge in [0.15, 0.2) is 0 Å². The van der Waals surface area contributed by atoms with E-state index in [-0.39, 0.29) is 11.2 Å². The van der Waals surface area contributed by atoms with Crippen LogP contribution in [0.15, 0.2) is 18.2 Å². The highest BCUT2D eigenvalue weighted by molar-refractivity contribution is 5.69. The van der Waals surface area contributed by atoms with Crippen LogP contribution in [0.1, 0.15) is 25.7 Å². The van der Waals surface area contributed by atoms with Crippen LogP contribution in [0.5, 0.6) is 0 Å². The van der Waals surface area contributed by atoms with Crippen molar-refractivity contribution in [1.29, 1.82) is 0 Å². The smallest absolute Gasteiger partial charge is 0.271 e. The fourth-order valence-electron chi connectivity index (χ4n) is 2.90. The first-order valence-corrected chi connectivity index (χ1v) is 6.90. The average molecular weight is 278 g/mol. The second-order valence-corrected chi connectivity index (χ2v) is 5.71. The van der Waals surface area contributed by atoms with E-state index in [1.807, 2.05) is 0 Å². The Labute approximate surface area is 119 Å². The summed E-state index contributed by atoms with van der Waals surface area (Å²) in [6.45, 7) is 0.808. The Balaban J connectivity index is 2.09. The first-order valence-electron chi connectivity index (χ1n) is 6.90. The molecule has 2 rings (SSSR count). The third kappa shape index (κ3) is 2.85. The highest BCUT2D eigenvalue weighted by Gasteiger charge is 2.35. The average Bonchev–Trinajstić information content (AvgIpc) is 2.87. The van der Waals surface area contributed by atoms with E-state index in [1.54, 1.807) is 6.07 Å². The zero-order chi connectivity index (χ0) is 14.8. The lowest BCUT2D eigenvalue weighted by atomic mass is 9.96. The van der Waals surface area contributed by atoms with E-state index in [9.17, 15) is 10.1 Å². The van der Waals surface area contributed by atoms with Gasteiger partial charge in [-0.25, -0.2) is 0 Å². The molecule has 1 saturated carbocycles. The van der Waals surface area contributed by atoms with Crippen molar-refractivity contribution in [3.05, 3.63) is 28.3 Å². The summed E-state index contributed by atoms with van der Waals surface area (Å²) in [5.41, 5.74) is 7.26. The second-order valence-electron chi connectivity index (χ2n) is 5.71. The van der Waals surface area contributed by atoms with Crippen molar-refractivity contribution in [2.75, 3.05) is 31.7 Å². The summed E-state index contributed by atoms with van der Waals surface area (Å²) in [6, 6.07) is 4.57. The zero-order valence-corrected chi connectivity index (χ0v) is 12.1. The minimum absolute atomic E-state index is 0.0243. The van der Waals surface area contributed by atoms with Crippen molar-refractivity contribution in [1.82, 2.24) is 4.90 Å². The van der Waals surface area contributed by atoms with E-state index in [0.29, 0.717) is 5.69 Å².